The van der Waals surface area contributed by atoms with Crippen LogP contribution in [-0.4, -0.2) is 19.4 Å². The third kappa shape index (κ3) is 3.59. The van der Waals surface area contributed by atoms with Gasteiger partial charge in [-0.25, -0.2) is 4.39 Å². The molecule has 0 bridgehead atoms. The molecule has 0 radical (unpaired) electrons. The molecule has 0 aliphatic rings. The quantitative estimate of drug-likeness (QED) is 0.671. The molecule has 0 spiro atoms. The molecular formula is C10H9F4NO3. The van der Waals surface area contributed by atoms with E-state index in [0.717, 1.165) is 19.2 Å². The average Bonchev–Trinajstić information content (AvgIpc) is 2.25. The Kier molecular flexibility index (Phi) is 4.12. The molecule has 8 heteroatoms. The molecule has 18 heavy (non-hydrogen) atoms. The number of esters is 1. The minimum absolute atomic E-state index is 0.281. The van der Waals surface area contributed by atoms with E-state index in [-0.39, 0.29) is 5.56 Å². The Morgan fingerprint density at radius 2 is 2.00 bits per heavy atom. The second-order valence-corrected chi connectivity index (χ2v) is 3.23. The highest BCUT2D eigenvalue weighted by atomic mass is 19.4. The molecule has 2 N–H and O–H groups in total. The first kappa shape index (κ1) is 14.2. The van der Waals surface area contributed by atoms with Gasteiger partial charge in [0.1, 0.15) is 17.6 Å². The lowest BCUT2D eigenvalue weighted by Gasteiger charge is -2.13. The predicted molar refractivity (Wildman–Crippen MR) is 52.0 cm³/mol. The maximum Gasteiger partial charge on any atom is 0.573 e. The number of carbonyl (C=O) groups is 1. The summed E-state index contributed by atoms with van der Waals surface area (Å²) in [7, 11) is 1.06. The lowest BCUT2D eigenvalue weighted by Crippen LogP contribution is -2.24. The molecule has 0 aliphatic carbocycles. The lowest BCUT2D eigenvalue weighted by atomic mass is 10.1. The number of alkyl halides is 3. The molecule has 1 aromatic rings. The number of benzene rings is 1. The van der Waals surface area contributed by atoms with Crippen molar-refractivity contribution in [2.75, 3.05) is 7.11 Å². The zero-order valence-electron chi connectivity index (χ0n) is 9.12. The van der Waals surface area contributed by atoms with Crippen molar-refractivity contribution in [2.45, 2.75) is 12.4 Å². The molecule has 1 atom stereocenters. The van der Waals surface area contributed by atoms with Crippen LogP contribution in [0.15, 0.2) is 18.2 Å². The van der Waals surface area contributed by atoms with Crippen LogP contribution in [-0.2, 0) is 9.53 Å². The Labute approximate surface area is 99.3 Å². The smallest absolute Gasteiger partial charge is 0.468 e. The fraction of sp³-hybridized carbons (Fsp3) is 0.300. The largest absolute Gasteiger partial charge is 0.573 e. The van der Waals surface area contributed by atoms with Crippen LogP contribution in [0.25, 0.3) is 0 Å². The third-order valence-corrected chi connectivity index (χ3v) is 2.00. The van der Waals surface area contributed by atoms with Crippen LogP contribution in [0.5, 0.6) is 5.75 Å². The van der Waals surface area contributed by atoms with Crippen molar-refractivity contribution in [1.82, 2.24) is 0 Å². The van der Waals surface area contributed by atoms with Gasteiger partial charge in [0.15, 0.2) is 0 Å². The zero-order chi connectivity index (χ0) is 13.9. The van der Waals surface area contributed by atoms with Crippen LogP contribution in [0.2, 0.25) is 0 Å². The van der Waals surface area contributed by atoms with E-state index in [0.29, 0.717) is 6.07 Å². The molecule has 0 heterocycles. The summed E-state index contributed by atoms with van der Waals surface area (Å²) in [5, 5.41) is 0. The van der Waals surface area contributed by atoms with E-state index in [1.165, 1.54) is 0 Å². The molecule has 1 rings (SSSR count). The summed E-state index contributed by atoms with van der Waals surface area (Å²) in [5.74, 6) is -2.73. The molecule has 0 aromatic heterocycles. The number of ether oxygens (including phenoxy) is 2. The average molecular weight is 267 g/mol. The number of halogens is 4. The number of methoxy groups -OCH3 is 1. The molecule has 0 saturated heterocycles. The van der Waals surface area contributed by atoms with Gasteiger partial charge in [-0.05, 0) is 6.07 Å². The van der Waals surface area contributed by atoms with Crippen molar-refractivity contribution in [2.24, 2.45) is 5.73 Å². The Morgan fingerprint density at radius 1 is 1.39 bits per heavy atom. The summed E-state index contributed by atoms with van der Waals surface area (Å²) in [5.41, 5.74) is 5.07. The second-order valence-electron chi connectivity index (χ2n) is 3.23. The number of carbonyl (C=O) groups excluding carboxylic acids is 1. The van der Waals surface area contributed by atoms with Crippen molar-refractivity contribution >= 4 is 5.97 Å². The van der Waals surface area contributed by atoms with Gasteiger partial charge in [-0.2, -0.15) is 0 Å². The van der Waals surface area contributed by atoms with Crippen LogP contribution in [0, 0.1) is 5.82 Å². The molecule has 100 valence electrons. The van der Waals surface area contributed by atoms with Crippen LogP contribution < -0.4 is 10.5 Å². The Balaban J connectivity index is 2.96. The topological polar surface area (TPSA) is 61.5 Å². The fourth-order valence-electron chi connectivity index (χ4n) is 1.21. The maximum absolute atomic E-state index is 13.4. The van der Waals surface area contributed by atoms with Gasteiger partial charge in [-0.1, -0.05) is 6.07 Å². The highest BCUT2D eigenvalue weighted by molar-refractivity contribution is 5.77. The van der Waals surface area contributed by atoms with Crippen LogP contribution in [0.1, 0.15) is 11.6 Å². The van der Waals surface area contributed by atoms with Gasteiger partial charge in [0, 0.05) is 11.6 Å². The first-order valence-electron chi connectivity index (χ1n) is 4.63. The number of hydrogen-bond donors (Lipinski definition) is 1. The van der Waals surface area contributed by atoms with E-state index in [9.17, 15) is 22.4 Å². The van der Waals surface area contributed by atoms with Gasteiger partial charge in [-0.3, -0.25) is 4.79 Å². The summed E-state index contributed by atoms with van der Waals surface area (Å²) in [6.45, 7) is 0. The van der Waals surface area contributed by atoms with Gasteiger partial charge in [0.2, 0.25) is 0 Å². The number of rotatable bonds is 3. The minimum atomic E-state index is -4.92. The van der Waals surface area contributed by atoms with E-state index in [4.69, 9.17) is 5.73 Å². The van der Waals surface area contributed by atoms with Gasteiger partial charge in [0.25, 0.3) is 0 Å². The summed E-state index contributed by atoms with van der Waals surface area (Å²) in [6, 6.07) is 0.869. The molecule has 0 amide bonds. The Bertz CT molecular complexity index is 447. The van der Waals surface area contributed by atoms with Crippen LogP contribution in [0.4, 0.5) is 17.6 Å². The van der Waals surface area contributed by atoms with Gasteiger partial charge in [0.05, 0.1) is 7.11 Å². The Morgan fingerprint density at radius 3 is 2.44 bits per heavy atom. The highest BCUT2D eigenvalue weighted by Gasteiger charge is 2.31. The van der Waals surface area contributed by atoms with Crippen LogP contribution >= 0.6 is 0 Å². The summed E-state index contributed by atoms with van der Waals surface area (Å²) >= 11 is 0. The van der Waals surface area contributed by atoms with Gasteiger partial charge < -0.3 is 15.2 Å². The molecule has 0 saturated carbocycles. The Hall–Kier alpha value is -1.83. The zero-order valence-corrected chi connectivity index (χ0v) is 9.12. The van der Waals surface area contributed by atoms with Crippen molar-refractivity contribution in [3.05, 3.63) is 29.6 Å². The van der Waals surface area contributed by atoms with E-state index in [1.54, 1.807) is 0 Å². The predicted octanol–water partition coefficient (Wildman–Crippen LogP) is 1.90. The van der Waals surface area contributed by atoms with E-state index < -0.39 is 29.9 Å². The maximum atomic E-state index is 13.4. The normalized spacial score (nSPS) is 13.0. The molecule has 1 aromatic carbocycles. The summed E-state index contributed by atoms with van der Waals surface area (Å²) in [6.07, 6.45) is -4.92. The summed E-state index contributed by atoms with van der Waals surface area (Å²) < 4.78 is 56.8. The van der Waals surface area contributed by atoms with Crippen molar-refractivity contribution in [1.29, 1.82) is 0 Å². The first-order valence-corrected chi connectivity index (χ1v) is 4.63. The molecule has 1 unspecified atom stereocenters. The summed E-state index contributed by atoms with van der Waals surface area (Å²) in [4.78, 5) is 11.1. The van der Waals surface area contributed by atoms with Crippen LogP contribution in [0.3, 0.4) is 0 Å². The standard InChI is InChI=1S/C10H9F4NO3/c1-17-9(16)8(15)6-3-2-5(4-7(6)11)18-10(12,13)14/h2-4,8H,15H2,1H3. The number of hydrogen-bond acceptors (Lipinski definition) is 4. The van der Waals surface area contributed by atoms with E-state index in [1.807, 2.05) is 0 Å². The minimum Gasteiger partial charge on any atom is -0.468 e. The first-order chi connectivity index (χ1) is 8.24. The monoisotopic (exact) mass is 267 g/mol. The molecule has 0 fully saturated rings. The van der Waals surface area contributed by atoms with Crippen molar-refractivity contribution in [3.8, 4) is 5.75 Å². The SMILES string of the molecule is COC(=O)C(N)c1ccc(OC(F)(F)F)cc1F. The highest BCUT2D eigenvalue weighted by Crippen LogP contribution is 2.26. The van der Waals surface area contributed by atoms with E-state index >= 15 is 0 Å². The van der Waals surface area contributed by atoms with Gasteiger partial charge in [-0.15, -0.1) is 13.2 Å². The third-order valence-electron chi connectivity index (χ3n) is 2.00. The van der Waals surface area contributed by atoms with E-state index in [2.05, 4.69) is 9.47 Å². The van der Waals surface area contributed by atoms with Crippen molar-refractivity contribution < 1.29 is 31.8 Å². The van der Waals surface area contributed by atoms with Crippen molar-refractivity contribution in [3.63, 3.8) is 0 Å². The lowest BCUT2D eigenvalue weighted by molar-refractivity contribution is -0.274. The molecule has 4 nitrogen and oxygen atoms in total. The fourth-order valence-corrected chi connectivity index (χ4v) is 1.21. The molecule has 0 aliphatic heterocycles. The molecular weight excluding hydrogens is 258 g/mol. The second kappa shape index (κ2) is 5.21. The number of nitrogens with two attached hydrogens (primary N) is 1. The van der Waals surface area contributed by atoms with Gasteiger partial charge >= 0.3 is 12.3 Å².